The van der Waals surface area contributed by atoms with E-state index in [-0.39, 0.29) is 0 Å². The molecule has 0 bridgehead atoms. The molecule has 100 valence electrons. The lowest BCUT2D eigenvalue weighted by molar-refractivity contribution is 0.308. The minimum Gasteiger partial charge on any atom is -0.494 e. The van der Waals surface area contributed by atoms with E-state index < -0.39 is 0 Å². The van der Waals surface area contributed by atoms with Crippen LogP contribution >= 0.6 is 0 Å². The molecule has 0 saturated carbocycles. The second-order valence-corrected chi connectivity index (χ2v) is 4.89. The smallest absolute Gasteiger partial charge is 0.119 e. The average molecular weight is 246 g/mol. The second kappa shape index (κ2) is 7.97. The predicted octanol–water partition coefficient (Wildman–Crippen LogP) is 5.11. The van der Waals surface area contributed by atoms with Gasteiger partial charge in [-0.1, -0.05) is 45.8 Å². The third-order valence-electron chi connectivity index (χ3n) is 3.17. The highest BCUT2D eigenvalue weighted by atomic mass is 16.5. The highest BCUT2D eigenvalue weighted by Crippen LogP contribution is 2.25. The Hall–Kier alpha value is -1.24. The maximum absolute atomic E-state index is 5.83. The number of ether oxygens (including phenoxy) is 1. The molecule has 1 nitrogen and oxygen atoms in total. The van der Waals surface area contributed by atoms with Crippen molar-refractivity contribution in [1.82, 2.24) is 0 Å². The average Bonchev–Trinajstić information content (AvgIpc) is 2.38. The van der Waals surface area contributed by atoms with Crippen molar-refractivity contribution in [1.29, 1.82) is 0 Å². The number of rotatable bonds is 8. The fraction of sp³-hybridized carbons (Fsp3) is 0.529. The SMILES string of the molecule is C=CC(C)c1cc(CCC)cc(OCCCC)c1. The number of unbranched alkanes of at least 4 members (excludes halogenated alkanes) is 1. The third kappa shape index (κ3) is 4.56. The summed E-state index contributed by atoms with van der Waals surface area (Å²) in [5.41, 5.74) is 2.68. The molecule has 1 atom stereocenters. The quantitative estimate of drug-likeness (QED) is 0.457. The van der Waals surface area contributed by atoms with Crippen molar-refractivity contribution in [3.8, 4) is 5.75 Å². The van der Waals surface area contributed by atoms with Crippen LogP contribution in [-0.2, 0) is 6.42 Å². The summed E-state index contributed by atoms with van der Waals surface area (Å²) in [4.78, 5) is 0. The Labute approximate surface area is 112 Å². The molecule has 18 heavy (non-hydrogen) atoms. The van der Waals surface area contributed by atoms with Gasteiger partial charge in [0.25, 0.3) is 0 Å². The van der Waals surface area contributed by atoms with E-state index in [4.69, 9.17) is 4.74 Å². The fourth-order valence-corrected chi connectivity index (χ4v) is 1.94. The molecule has 0 N–H and O–H groups in total. The molecular weight excluding hydrogens is 220 g/mol. The molecule has 1 rings (SSSR count). The van der Waals surface area contributed by atoms with Gasteiger partial charge in [0, 0.05) is 0 Å². The Morgan fingerprint density at radius 1 is 1.22 bits per heavy atom. The van der Waals surface area contributed by atoms with Crippen LogP contribution in [0.4, 0.5) is 0 Å². The second-order valence-electron chi connectivity index (χ2n) is 4.89. The van der Waals surface area contributed by atoms with Gasteiger partial charge in [-0.3, -0.25) is 0 Å². The van der Waals surface area contributed by atoms with Crippen molar-refractivity contribution in [3.63, 3.8) is 0 Å². The lowest BCUT2D eigenvalue weighted by atomic mass is 9.97. The van der Waals surface area contributed by atoms with E-state index in [0.29, 0.717) is 5.92 Å². The summed E-state index contributed by atoms with van der Waals surface area (Å²) in [6.07, 6.45) is 6.55. The number of allylic oxidation sites excluding steroid dienone is 1. The van der Waals surface area contributed by atoms with E-state index >= 15 is 0 Å². The summed E-state index contributed by atoms with van der Waals surface area (Å²) >= 11 is 0. The van der Waals surface area contributed by atoms with E-state index in [1.54, 1.807) is 0 Å². The number of hydrogen-bond acceptors (Lipinski definition) is 1. The van der Waals surface area contributed by atoms with Crippen LogP contribution in [0, 0.1) is 0 Å². The van der Waals surface area contributed by atoms with E-state index in [2.05, 4.69) is 45.5 Å². The Balaban J connectivity index is 2.87. The Morgan fingerprint density at radius 2 is 2.00 bits per heavy atom. The molecule has 1 heteroatoms. The summed E-state index contributed by atoms with van der Waals surface area (Å²) in [6.45, 7) is 11.3. The first-order chi connectivity index (χ1) is 8.71. The zero-order valence-corrected chi connectivity index (χ0v) is 12.0. The summed E-state index contributed by atoms with van der Waals surface area (Å²) in [5.74, 6) is 1.40. The Morgan fingerprint density at radius 3 is 2.61 bits per heavy atom. The molecule has 0 amide bonds. The summed E-state index contributed by atoms with van der Waals surface area (Å²) in [5, 5.41) is 0. The summed E-state index contributed by atoms with van der Waals surface area (Å²) in [6, 6.07) is 6.61. The van der Waals surface area contributed by atoms with Crippen LogP contribution < -0.4 is 4.74 Å². The van der Waals surface area contributed by atoms with Crippen LogP contribution in [0.5, 0.6) is 5.75 Å². The van der Waals surface area contributed by atoms with Crippen LogP contribution in [0.3, 0.4) is 0 Å². The van der Waals surface area contributed by atoms with Gasteiger partial charge in [-0.2, -0.15) is 0 Å². The van der Waals surface area contributed by atoms with Crippen LogP contribution in [0.2, 0.25) is 0 Å². The molecule has 1 aromatic rings. The molecule has 0 aliphatic carbocycles. The molecular formula is C17H26O. The highest BCUT2D eigenvalue weighted by molar-refractivity contribution is 5.37. The van der Waals surface area contributed by atoms with Gasteiger partial charge in [-0.25, -0.2) is 0 Å². The highest BCUT2D eigenvalue weighted by Gasteiger charge is 2.06. The van der Waals surface area contributed by atoms with Gasteiger partial charge in [0.2, 0.25) is 0 Å². The first-order valence-corrected chi connectivity index (χ1v) is 7.10. The monoisotopic (exact) mass is 246 g/mol. The van der Waals surface area contributed by atoms with Gasteiger partial charge >= 0.3 is 0 Å². The number of hydrogen-bond donors (Lipinski definition) is 0. The van der Waals surface area contributed by atoms with Crippen molar-refractivity contribution in [2.24, 2.45) is 0 Å². The van der Waals surface area contributed by atoms with Gasteiger partial charge in [0.15, 0.2) is 0 Å². The molecule has 1 unspecified atom stereocenters. The zero-order valence-electron chi connectivity index (χ0n) is 12.0. The minimum absolute atomic E-state index is 0.385. The lowest BCUT2D eigenvalue weighted by Crippen LogP contribution is -2.00. The third-order valence-corrected chi connectivity index (χ3v) is 3.17. The van der Waals surface area contributed by atoms with Crippen LogP contribution in [-0.4, -0.2) is 6.61 Å². The molecule has 0 aromatic heterocycles. The Bertz CT molecular complexity index is 368. The summed E-state index contributed by atoms with van der Waals surface area (Å²) < 4.78 is 5.83. The zero-order chi connectivity index (χ0) is 13.4. The molecule has 0 aliphatic heterocycles. The fourth-order valence-electron chi connectivity index (χ4n) is 1.94. The van der Waals surface area contributed by atoms with Crippen molar-refractivity contribution in [3.05, 3.63) is 42.0 Å². The molecule has 0 fully saturated rings. The first kappa shape index (κ1) is 14.8. The predicted molar refractivity (Wildman–Crippen MR) is 79.5 cm³/mol. The number of benzene rings is 1. The van der Waals surface area contributed by atoms with Gasteiger partial charge in [-0.05, 0) is 42.0 Å². The first-order valence-electron chi connectivity index (χ1n) is 7.10. The normalized spacial score (nSPS) is 12.2. The van der Waals surface area contributed by atoms with Crippen molar-refractivity contribution < 1.29 is 4.74 Å². The van der Waals surface area contributed by atoms with E-state index in [9.17, 15) is 0 Å². The molecule has 0 aliphatic rings. The van der Waals surface area contributed by atoms with Crippen LogP contribution in [0.25, 0.3) is 0 Å². The van der Waals surface area contributed by atoms with Gasteiger partial charge in [0.1, 0.15) is 5.75 Å². The van der Waals surface area contributed by atoms with Crippen LogP contribution in [0.1, 0.15) is 57.1 Å². The Kier molecular flexibility index (Phi) is 6.56. The molecule has 0 heterocycles. The number of aryl methyl sites for hydroxylation is 1. The molecule has 0 radical (unpaired) electrons. The van der Waals surface area contributed by atoms with Crippen LogP contribution in [0.15, 0.2) is 30.9 Å². The maximum atomic E-state index is 5.83. The van der Waals surface area contributed by atoms with Gasteiger partial charge in [0.05, 0.1) is 6.61 Å². The van der Waals surface area contributed by atoms with Crippen molar-refractivity contribution in [2.75, 3.05) is 6.61 Å². The largest absolute Gasteiger partial charge is 0.494 e. The molecule has 0 saturated heterocycles. The van der Waals surface area contributed by atoms with E-state index in [1.165, 1.54) is 24.0 Å². The van der Waals surface area contributed by atoms with Crippen molar-refractivity contribution >= 4 is 0 Å². The summed E-state index contributed by atoms with van der Waals surface area (Å²) in [7, 11) is 0. The van der Waals surface area contributed by atoms with Gasteiger partial charge < -0.3 is 4.74 Å². The lowest BCUT2D eigenvalue weighted by Gasteiger charge is -2.13. The van der Waals surface area contributed by atoms with E-state index in [0.717, 1.165) is 25.2 Å². The maximum Gasteiger partial charge on any atom is 0.119 e. The molecule has 1 aromatic carbocycles. The molecule has 0 spiro atoms. The van der Waals surface area contributed by atoms with Crippen molar-refractivity contribution in [2.45, 2.75) is 52.4 Å². The van der Waals surface area contributed by atoms with E-state index in [1.807, 2.05) is 6.08 Å². The van der Waals surface area contributed by atoms with Gasteiger partial charge in [-0.15, -0.1) is 6.58 Å². The minimum atomic E-state index is 0.385. The standard InChI is InChI=1S/C17H26O/c1-5-8-10-18-17-12-15(9-6-2)11-16(13-17)14(4)7-3/h7,11-14H,3,5-6,8-10H2,1-2,4H3. The topological polar surface area (TPSA) is 9.23 Å².